The molecule has 3 aromatic carbocycles. The summed E-state index contributed by atoms with van der Waals surface area (Å²) in [6.45, 7) is 5.98. The lowest BCUT2D eigenvalue weighted by molar-refractivity contribution is 0.0977. The number of carbonyl (C=O) groups is 1. The molecular weight excluding hydrogens is 556 g/mol. The molecule has 0 bridgehead atoms. The molecule has 39 heavy (non-hydrogen) atoms. The second kappa shape index (κ2) is 12.8. The third-order valence-electron chi connectivity index (χ3n) is 6.24. The molecule has 0 atom stereocenters. The first-order valence-corrected chi connectivity index (χ1v) is 14.9. The average molecular weight is 587 g/mol. The summed E-state index contributed by atoms with van der Waals surface area (Å²) in [7, 11) is -3.59. The van der Waals surface area contributed by atoms with Gasteiger partial charge in [-0.25, -0.2) is 8.42 Å². The summed E-state index contributed by atoms with van der Waals surface area (Å²) in [5, 5.41) is 6.39. The average Bonchev–Trinajstić information content (AvgIpc) is 2.92. The smallest absolute Gasteiger partial charge is 0.257 e. The molecule has 0 saturated carbocycles. The molecule has 4 rings (SSSR count). The summed E-state index contributed by atoms with van der Waals surface area (Å²) in [6, 6.07) is 19.1. The minimum absolute atomic E-state index is 0.115. The fraction of sp³-hybridized carbons (Fsp3) is 0.286. The maximum atomic E-state index is 13.1. The van der Waals surface area contributed by atoms with E-state index in [0.717, 1.165) is 12.0 Å². The Kier molecular flexibility index (Phi) is 9.45. The van der Waals surface area contributed by atoms with E-state index in [4.69, 9.17) is 28.6 Å². The van der Waals surface area contributed by atoms with Crippen LogP contribution in [-0.4, -0.2) is 56.5 Å². The summed E-state index contributed by atoms with van der Waals surface area (Å²) in [5.74, 6) is 0.247. The molecule has 1 saturated heterocycles. The van der Waals surface area contributed by atoms with Crippen LogP contribution in [0.5, 0.6) is 5.75 Å². The van der Waals surface area contributed by atoms with Crippen molar-refractivity contribution in [3.63, 3.8) is 0 Å². The van der Waals surface area contributed by atoms with Crippen molar-refractivity contribution >= 4 is 56.2 Å². The van der Waals surface area contributed by atoms with Gasteiger partial charge in [-0.15, -0.1) is 0 Å². The monoisotopic (exact) mass is 586 g/mol. The number of hydrogen-bond acceptors (Lipinski definition) is 6. The van der Waals surface area contributed by atoms with Crippen LogP contribution in [0.3, 0.4) is 0 Å². The molecule has 0 unspecified atom stereocenters. The molecule has 8 nitrogen and oxygen atoms in total. The Bertz CT molecular complexity index is 1440. The minimum atomic E-state index is -3.59. The highest BCUT2D eigenvalue weighted by molar-refractivity contribution is 7.89. The number of rotatable bonds is 8. The number of hydrogen-bond donors (Lipinski definition) is 2. The number of anilines is 2. The first-order valence-electron chi connectivity index (χ1n) is 12.6. The highest BCUT2D eigenvalue weighted by Crippen LogP contribution is 2.35. The predicted molar refractivity (Wildman–Crippen MR) is 160 cm³/mol. The van der Waals surface area contributed by atoms with Crippen LogP contribution in [-0.2, 0) is 10.0 Å². The molecule has 0 aliphatic carbocycles. The van der Waals surface area contributed by atoms with Crippen LogP contribution in [0.4, 0.5) is 11.4 Å². The third-order valence-corrected chi connectivity index (χ3v) is 8.67. The predicted octanol–water partition coefficient (Wildman–Crippen LogP) is 5.07. The Morgan fingerprint density at radius 3 is 2.41 bits per heavy atom. The van der Waals surface area contributed by atoms with Crippen molar-refractivity contribution < 1.29 is 17.9 Å². The summed E-state index contributed by atoms with van der Waals surface area (Å²) in [5.41, 5.74) is 2.73. The Hall–Kier alpha value is -3.18. The number of halogens is 1. The molecule has 1 fully saturated rings. The number of benzene rings is 3. The van der Waals surface area contributed by atoms with E-state index in [2.05, 4.69) is 10.6 Å². The number of amides is 1. The number of nitrogens with zero attached hydrogens (tertiary/aromatic N) is 2. The highest BCUT2D eigenvalue weighted by Gasteiger charge is 2.30. The summed E-state index contributed by atoms with van der Waals surface area (Å²) in [4.78, 5) is 15.1. The number of ether oxygens (including phenoxy) is 1. The van der Waals surface area contributed by atoms with Crippen LogP contribution < -0.4 is 20.3 Å². The lowest BCUT2D eigenvalue weighted by atomic mass is 10.2. The lowest BCUT2D eigenvalue weighted by Gasteiger charge is -2.36. The molecule has 3 aromatic rings. The van der Waals surface area contributed by atoms with Gasteiger partial charge in [0.1, 0.15) is 5.75 Å². The van der Waals surface area contributed by atoms with E-state index in [-0.39, 0.29) is 15.9 Å². The first kappa shape index (κ1) is 28.8. The number of carbonyl (C=O) groups excluding carboxylic acids is 1. The normalized spacial score (nSPS) is 14.1. The Morgan fingerprint density at radius 2 is 1.72 bits per heavy atom. The first-order chi connectivity index (χ1) is 18.7. The van der Waals surface area contributed by atoms with Gasteiger partial charge in [0.25, 0.3) is 5.91 Å². The minimum Gasteiger partial charge on any atom is -0.494 e. The summed E-state index contributed by atoms with van der Waals surface area (Å²) >= 11 is 12.0. The van der Waals surface area contributed by atoms with Crippen molar-refractivity contribution in [3.8, 4) is 5.75 Å². The van der Waals surface area contributed by atoms with Gasteiger partial charge in [-0.05, 0) is 68.0 Å². The molecule has 1 amide bonds. The number of sulfonamides is 1. The molecular formula is C28H31ClN4O4S2. The molecule has 0 aromatic heterocycles. The Labute approximate surface area is 240 Å². The molecule has 0 spiro atoms. The zero-order valence-electron chi connectivity index (χ0n) is 21.8. The summed E-state index contributed by atoms with van der Waals surface area (Å²) in [6.07, 6.45) is 0.865. The fourth-order valence-corrected chi connectivity index (χ4v) is 6.14. The van der Waals surface area contributed by atoms with Crippen molar-refractivity contribution in [2.24, 2.45) is 0 Å². The van der Waals surface area contributed by atoms with Crippen LogP contribution in [0.15, 0.2) is 71.6 Å². The maximum absolute atomic E-state index is 13.1. The van der Waals surface area contributed by atoms with Crippen molar-refractivity contribution in [2.45, 2.75) is 25.2 Å². The third kappa shape index (κ3) is 7.07. The van der Waals surface area contributed by atoms with Gasteiger partial charge in [0, 0.05) is 31.7 Å². The fourth-order valence-electron chi connectivity index (χ4n) is 4.22. The van der Waals surface area contributed by atoms with E-state index in [0.29, 0.717) is 60.5 Å². The molecule has 1 aliphatic heterocycles. The van der Waals surface area contributed by atoms with Crippen molar-refractivity contribution in [1.29, 1.82) is 0 Å². The van der Waals surface area contributed by atoms with Crippen molar-refractivity contribution in [2.75, 3.05) is 43.0 Å². The van der Waals surface area contributed by atoms with E-state index in [1.165, 1.54) is 4.31 Å². The van der Waals surface area contributed by atoms with E-state index in [1.807, 2.05) is 24.8 Å². The lowest BCUT2D eigenvalue weighted by Crippen LogP contribution is -2.49. The zero-order valence-corrected chi connectivity index (χ0v) is 24.2. The van der Waals surface area contributed by atoms with Gasteiger partial charge < -0.3 is 15.0 Å². The van der Waals surface area contributed by atoms with Gasteiger partial charge in [-0.2, -0.15) is 4.31 Å². The molecule has 1 aliphatic rings. The second-order valence-corrected chi connectivity index (χ2v) is 11.9. The number of thiocarbonyl (C=S) groups is 1. The van der Waals surface area contributed by atoms with Gasteiger partial charge in [-0.3, -0.25) is 10.1 Å². The van der Waals surface area contributed by atoms with Crippen molar-refractivity contribution in [1.82, 2.24) is 9.62 Å². The quantitative estimate of drug-likeness (QED) is 0.356. The Balaban J connectivity index is 1.42. The van der Waals surface area contributed by atoms with Gasteiger partial charge in [-0.1, -0.05) is 48.4 Å². The van der Waals surface area contributed by atoms with Gasteiger partial charge >= 0.3 is 0 Å². The van der Waals surface area contributed by atoms with Crippen LogP contribution in [0.2, 0.25) is 5.02 Å². The standard InChI is InChI=1S/C28H31ClN4O4S2/c1-3-18-37-22-7-4-6-21(19-22)27(34)31-28(38)30-25-9-5-8-24(29)26(25)32-14-16-33(17-15-32)39(35,36)23-12-10-20(2)11-13-23/h4-13,19H,3,14-18H2,1-2H3,(H2,30,31,34,38). The van der Waals surface area contributed by atoms with Crippen LogP contribution in [0.25, 0.3) is 0 Å². The largest absolute Gasteiger partial charge is 0.494 e. The number of nitrogens with one attached hydrogen (secondary N) is 2. The van der Waals surface area contributed by atoms with E-state index >= 15 is 0 Å². The maximum Gasteiger partial charge on any atom is 0.257 e. The SMILES string of the molecule is CCCOc1cccc(C(=O)NC(=S)Nc2cccc(Cl)c2N2CCN(S(=O)(=O)c3ccc(C)cc3)CC2)c1. The Morgan fingerprint density at radius 1 is 1.03 bits per heavy atom. The number of para-hydroxylation sites is 1. The second-order valence-electron chi connectivity index (χ2n) is 9.12. The van der Waals surface area contributed by atoms with Gasteiger partial charge in [0.2, 0.25) is 10.0 Å². The number of piperazine rings is 1. The molecule has 0 radical (unpaired) electrons. The van der Waals surface area contributed by atoms with E-state index in [1.54, 1.807) is 60.7 Å². The molecule has 2 N–H and O–H groups in total. The van der Waals surface area contributed by atoms with Gasteiger partial charge in [0.05, 0.1) is 27.9 Å². The van der Waals surface area contributed by atoms with Crippen LogP contribution in [0.1, 0.15) is 29.3 Å². The molecule has 1 heterocycles. The van der Waals surface area contributed by atoms with E-state index < -0.39 is 10.0 Å². The van der Waals surface area contributed by atoms with Crippen molar-refractivity contribution in [3.05, 3.63) is 82.9 Å². The zero-order chi connectivity index (χ0) is 28.0. The number of aryl methyl sites for hydroxylation is 1. The topological polar surface area (TPSA) is 91.0 Å². The highest BCUT2D eigenvalue weighted by atomic mass is 35.5. The van der Waals surface area contributed by atoms with Crippen LogP contribution >= 0.6 is 23.8 Å². The molecule has 11 heteroatoms. The van der Waals surface area contributed by atoms with Crippen LogP contribution in [0, 0.1) is 6.92 Å². The summed E-state index contributed by atoms with van der Waals surface area (Å²) < 4.78 is 33.3. The molecule has 206 valence electrons. The van der Waals surface area contributed by atoms with E-state index in [9.17, 15) is 13.2 Å². The van der Waals surface area contributed by atoms with Gasteiger partial charge in [0.15, 0.2) is 5.11 Å².